The van der Waals surface area contributed by atoms with E-state index in [0.29, 0.717) is 5.84 Å². The van der Waals surface area contributed by atoms with Gasteiger partial charge in [0, 0.05) is 6.92 Å². The number of nitrogens with zero attached hydrogens (tertiary/aromatic N) is 4. The standard InChI is InChI=1S/C2H4N5/c1-2-4-5-6-7(2)3/h3H,1H3/q+1. The monoisotopic (exact) mass is 98.0 g/mol. The van der Waals surface area contributed by atoms with Gasteiger partial charge in [0.15, 0.2) is 0 Å². The van der Waals surface area contributed by atoms with Crippen molar-refractivity contribution in [2.75, 3.05) is 0 Å². The van der Waals surface area contributed by atoms with Crippen LogP contribution in [-0.4, -0.2) is 10.6 Å². The summed E-state index contributed by atoms with van der Waals surface area (Å²) in [5.41, 5.74) is 6.78. The molecule has 0 aromatic rings. The smallest absolute Gasteiger partial charge is 0.138 e. The van der Waals surface area contributed by atoms with E-state index in [4.69, 9.17) is 5.53 Å². The molecule has 0 saturated carbocycles. The van der Waals surface area contributed by atoms with Gasteiger partial charge in [-0.25, -0.2) is 0 Å². The van der Waals surface area contributed by atoms with Gasteiger partial charge in [-0.3, -0.25) is 0 Å². The molecule has 0 aromatic heterocycles. The highest BCUT2D eigenvalue weighted by Crippen LogP contribution is 1.92. The van der Waals surface area contributed by atoms with Crippen molar-refractivity contribution in [2.45, 2.75) is 6.92 Å². The van der Waals surface area contributed by atoms with Gasteiger partial charge in [-0.1, -0.05) is 0 Å². The van der Waals surface area contributed by atoms with Gasteiger partial charge in [-0.2, -0.15) is 0 Å². The molecule has 0 saturated heterocycles. The third-order valence-corrected chi connectivity index (χ3v) is 0.625. The highest BCUT2D eigenvalue weighted by atomic mass is 15.7. The van der Waals surface area contributed by atoms with Gasteiger partial charge in [0.05, 0.1) is 0 Å². The fourth-order valence-corrected chi connectivity index (χ4v) is 0.232. The predicted molar refractivity (Wildman–Crippen MR) is 20.9 cm³/mol. The highest BCUT2D eigenvalue weighted by molar-refractivity contribution is 5.70. The van der Waals surface area contributed by atoms with Crippen molar-refractivity contribution in [3.63, 3.8) is 0 Å². The fourth-order valence-electron chi connectivity index (χ4n) is 0.232. The van der Waals surface area contributed by atoms with Crippen LogP contribution in [0, 0.1) is 5.53 Å². The Morgan fingerprint density at radius 2 is 2.43 bits per heavy atom. The first-order chi connectivity index (χ1) is 3.30. The summed E-state index contributed by atoms with van der Waals surface area (Å²) in [6.45, 7) is 1.66. The van der Waals surface area contributed by atoms with Gasteiger partial charge in [0.25, 0.3) is 0 Å². The molecule has 1 rings (SSSR count). The van der Waals surface area contributed by atoms with Gasteiger partial charge in [-0.15, -0.1) is 5.53 Å². The van der Waals surface area contributed by atoms with Crippen molar-refractivity contribution in [1.82, 2.24) is 0 Å². The summed E-state index contributed by atoms with van der Waals surface area (Å²) in [5, 5.41) is 9.87. The first-order valence-electron chi connectivity index (χ1n) is 1.77. The van der Waals surface area contributed by atoms with Gasteiger partial charge in [0.1, 0.15) is 10.3 Å². The summed E-state index contributed by atoms with van der Waals surface area (Å²) >= 11 is 0. The Morgan fingerprint density at radius 3 is 2.57 bits per heavy atom. The lowest BCUT2D eigenvalue weighted by molar-refractivity contribution is -0.514. The normalized spacial score (nSPS) is 17.9. The van der Waals surface area contributed by atoms with E-state index in [0.717, 1.165) is 4.81 Å². The van der Waals surface area contributed by atoms with E-state index in [-0.39, 0.29) is 0 Å². The zero-order chi connectivity index (χ0) is 5.28. The minimum absolute atomic E-state index is 0.500. The Bertz CT molecular complexity index is 153. The van der Waals surface area contributed by atoms with Gasteiger partial charge in [0.2, 0.25) is 5.22 Å². The van der Waals surface area contributed by atoms with Crippen molar-refractivity contribution in [2.24, 2.45) is 15.5 Å². The molecule has 1 aliphatic rings. The lowest BCUT2D eigenvalue weighted by Gasteiger charge is -1.71. The van der Waals surface area contributed by atoms with E-state index in [2.05, 4.69) is 15.5 Å². The fraction of sp³-hybridized carbons (Fsp3) is 0.500. The van der Waals surface area contributed by atoms with Crippen molar-refractivity contribution >= 4 is 5.84 Å². The van der Waals surface area contributed by atoms with Gasteiger partial charge < -0.3 is 0 Å². The number of nitrogens with one attached hydrogen (secondary N) is 1. The SMILES string of the molecule is CC1=NN=N[N+]1=N. The number of hydrogen-bond donors (Lipinski definition) is 1. The van der Waals surface area contributed by atoms with Gasteiger partial charge >= 0.3 is 5.84 Å². The van der Waals surface area contributed by atoms with E-state index in [1.807, 2.05) is 0 Å². The average Bonchev–Trinajstić information content (AvgIpc) is 1.91. The number of amidine groups is 1. The maximum absolute atomic E-state index is 6.78. The van der Waals surface area contributed by atoms with Crippen LogP contribution >= 0.6 is 0 Å². The van der Waals surface area contributed by atoms with Crippen LogP contribution in [0.5, 0.6) is 0 Å². The zero-order valence-electron chi connectivity index (χ0n) is 3.79. The highest BCUT2D eigenvalue weighted by Gasteiger charge is 2.12. The minimum atomic E-state index is 0.500. The summed E-state index contributed by atoms with van der Waals surface area (Å²) in [6.07, 6.45) is 0. The minimum Gasteiger partial charge on any atom is -0.138 e. The largest absolute Gasteiger partial charge is 0.325 e. The molecule has 5 nitrogen and oxygen atoms in total. The van der Waals surface area contributed by atoms with E-state index >= 15 is 0 Å². The molecule has 0 radical (unpaired) electrons. The maximum Gasteiger partial charge on any atom is 0.325 e. The number of hydrogen-bond acceptors (Lipinski definition) is 3. The second kappa shape index (κ2) is 1.18. The zero-order valence-corrected chi connectivity index (χ0v) is 3.79. The topological polar surface area (TPSA) is 63.9 Å². The van der Waals surface area contributed by atoms with E-state index < -0.39 is 0 Å². The van der Waals surface area contributed by atoms with Crippen LogP contribution in [0.15, 0.2) is 15.5 Å². The second-order valence-electron chi connectivity index (χ2n) is 1.14. The van der Waals surface area contributed by atoms with E-state index in [9.17, 15) is 0 Å². The molecular formula is C2H4N5+. The molecule has 1 N–H and O–H groups in total. The molecule has 0 spiro atoms. The van der Waals surface area contributed by atoms with Crippen LogP contribution in [0.3, 0.4) is 0 Å². The molecule has 1 aliphatic heterocycles. The molecule has 7 heavy (non-hydrogen) atoms. The summed E-state index contributed by atoms with van der Waals surface area (Å²) < 4.78 is 0. The lowest BCUT2D eigenvalue weighted by atomic mass is 10.7. The molecular weight excluding hydrogens is 94.1 g/mol. The molecule has 5 heteroatoms. The molecule has 0 aromatic carbocycles. The van der Waals surface area contributed by atoms with Crippen LogP contribution < -0.4 is 0 Å². The molecule has 0 unspecified atom stereocenters. The Kier molecular flexibility index (Phi) is 0.680. The van der Waals surface area contributed by atoms with Crippen LogP contribution in [-0.2, 0) is 0 Å². The van der Waals surface area contributed by atoms with Crippen molar-refractivity contribution in [1.29, 1.82) is 5.53 Å². The summed E-state index contributed by atoms with van der Waals surface area (Å²) in [4.78, 5) is 0.861. The summed E-state index contributed by atoms with van der Waals surface area (Å²) in [7, 11) is 0. The predicted octanol–water partition coefficient (Wildman–Crippen LogP) is 0.744. The second-order valence-corrected chi connectivity index (χ2v) is 1.14. The molecule has 0 fully saturated rings. The van der Waals surface area contributed by atoms with Crippen molar-refractivity contribution < 1.29 is 4.81 Å². The summed E-state index contributed by atoms with van der Waals surface area (Å²) in [5.74, 6) is 0.500. The first-order valence-corrected chi connectivity index (χ1v) is 1.77. The Labute approximate surface area is 39.8 Å². The van der Waals surface area contributed by atoms with Crippen molar-refractivity contribution in [3.8, 4) is 0 Å². The van der Waals surface area contributed by atoms with Crippen LogP contribution in [0.25, 0.3) is 0 Å². The Balaban J connectivity index is 2.89. The molecule has 0 bridgehead atoms. The van der Waals surface area contributed by atoms with Gasteiger partial charge in [-0.05, 0) is 4.81 Å². The Hall–Kier alpha value is -1.13. The van der Waals surface area contributed by atoms with Crippen LogP contribution in [0.4, 0.5) is 0 Å². The molecule has 0 amide bonds. The number of rotatable bonds is 0. The third kappa shape index (κ3) is 0.510. The molecule has 0 atom stereocenters. The van der Waals surface area contributed by atoms with E-state index in [1.165, 1.54) is 0 Å². The molecule has 0 aliphatic carbocycles. The Morgan fingerprint density at radius 1 is 1.71 bits per heavy atom. The first kappa shape index (κ1) is 4.04. The molecule has 36 valence electrons. The quantitative estimate of drug-likeness (QED) is 0.434. The van der Waals surface area contributed by atoms with E-state index in [1.54, 1.807) is 6.92 Å². The summed E-state index contributed by atoms with van der Waals surface area (Å²) in [6, 6.07) is 0. The average molecular weight is 98.1 g/mol. The maximum atomic E-state index is 6.78. The molecule has 1 heterocycles. The van der Waals surface area contributed by atoms with Crippen LogP contribution in [0.1, 0.15) is 6.92 Å². The lowest BCUT2D eigenvalue weighted by Crippen LogP contribution is -2.00. The van der Waals surface area contributed by atoms with Crippen LogP contribution in [0.2, 0.25) is 0 Å². The third-order valence-electron chi connectivity index (χ3n) is 0.625. The van der Waals surface area contributed by atoms with Crippen molar-refractivity contribution in [3.05, 3.63) is 0 Å².